The standard InChI is InChI=1S/C13H13N7O/c21-13(14-5-7-20-8-6-15-18-20)11-3-1-2-4-12(11)19-9-16-17-10-19/h1-4,6,8-10H,5,7H2,(H,14,21). The van der Waals surface area contributed by atoms with Crippen LogP contribution < -0.4 is 5.32 Å². The topological polar surface area (TPSA) is 90.5 Å². The Morgan fingerprint density at radius 3 is 2.71 bits per heavy atom. The summed E-state index contributed by atoms with van der Waals surface area (Å²) >= 11 is 0. The van der Waals surface area contributed by atoms with Gasteiger partial charge in [0.2, 0.25) is 0 Å². The van der Waals surface area contributed by atoms with Crippen molar-refractivity contribution in [3.8, 4) is 5.69 Å². The van der Waals surface area contributed by atoms with E-state index in [1.807, 2.05) is 18.2 Å². The van der Waals surface area contributed by atoms with E-state index in [1.54, 1.807) is 40.4 Å². The number of amides is 1. The SMILES string of the molecule is O=C(NCCn1ccnn1)c1ccccc1-n1cnnc1. The molecule has 106 valence electrons. The molecule has 3 aromatic rings. The molecule has 3 rings (SSSR count). The smallest absolute Gasteiger partial charge is 0.253 e. The van der Waals surface area contributed by atoms with Crippen molar-refractivity contribution >= 4 is 5.91 Å². The van der Waals surface area contributed by atoms with Crippen LogP contribution in [0.15, 0.2) is 49.3 Å². The summed E-state index contributed by atoms with van der Waals surface area (Å²) in [5.74, 6) is -0.153. The average Bonchev–Trinajstić information content (AvgIpc) is 3.20. The Morgan fingerprint density at radius 1 is 1.14 bits per heavy atom. The van der Waals surface area contributed by atoms with E-state index in [-0.39, 0.29) is 5.91 Å². The van der Waals surface area contributed by atoms with Gasteiger partial charge in [0.15, 0.2) is 0 Å². The molecule has 0 radical (unpaired) electrons. The van der Waals surface area contributed by atoms with E-state index in [4.69, 9.17) is 0 Å². The van der Waals surface area contributed by atoms with Crippen molar-refractivity contribution in [2.75, 3.05) is 6.54 Å². The molecule has 0 spiro atoms. The van der Waals surface area contributed by atoms with Crippen molar-refractivity contribution in [1.29, 1.82) is 0 Å². The first-order chi connectivity index (χ1) is 10.3. The number of rotatable bonds is 5. The van der Waals surface area contributed by atoms with Crippen LogP contribution in [0, 0.1) is 0 Å². The minimum atomic E-state index is -0.153. The van der Waals surface area contributed by atoms with Crippen LogP contribution in [0.1, 0.15) is 10.4 Å². The van der Waals surface area contributed by atoms with Gasteiger partial charge in [0, 0.05) is 12.7 Å². The molecule has 8 nitrogen and oxygen atoms in total. The second-order valence-electron chi connectivity index (χ2n) is 4.31. The molecule has 0 aliphatic heterocycles. The number of hydrogen-bond acceptors (Lipinski definition) is 5. The Balaban J connectivity index is 1.70. The summed E-state index contributed by atoms with van der Waals surface area (Å²) in [5, 5.41) is 17.9. The molecule has 0 fully saturated rings. The number of hydrogen-bond donors (Lipinski definition) is 1. The van der Waals surface area contributed by atoms with Crippen molar-refractivity contribution in [3.63, 3.8) is 0 Å². The molecule has 1 amide bonds. The van der Waals surface area contributed by atoms with Gasteiger partial charge in [0.05, 0.1) is 24.0 Å². The lowest BCUT2D eigenvalue weighted by Gasteiger charge is -2.10. The zero-order chi connectivity index (χ0) is 14.5. The molecule has 0 saturated carbocycles. The van der Waals surface area contributed by atoms with Crippen LogP contribution in [0.5, 0.6) is 0 Å². The van der Waals surface area contributed by atoms with Gasteiger partial charge in [-0.05, 0) is 12.1 Å². The zero-order valence-corrected chi connectivity index (χ0v) is 11.1. The third-order valence-electron chi connectivity index (χ3n) is 2.94. The molecule has 0 aliphatic carbocycles. The van der Waals surface area contributed by atoms with Gasteiger partial charge in [0.1, 0.15) is 12.7 Å². The van der Waals surface area contributed by atoms with Gasteiger partial charge < -0.3 is 5.32 Å². The van der Waals surface area contributed by atoms with E-state index in [9.17, 15) is 4.79 Å². The Bertz CT molecular complexity index is 706. The summed E-state index contributed by atoms with van der Waals surface area (Å²) in [4.78, 5) is 12.3. The molecule has 1 aromatic carbocycles. The highest BCUT2D eigenvalue weighted by Crippen LogP contribution is 2.13. The normalized spacial score (nSPS) is 10.5. The van der Waals surface area contributed by atoms with Crippen LogP contribution in [0.3, 0.4) is 0 Å². The molecular formula is C13H13N7O. The Labute approximate surface area is 120 Å². The van der Waals surface area contributed by atoms with Crippen molar-refractivity contribution in [2.24, 2.45) is 0 Å². The van der Waals surface area contributed by atoms with Crippen LogP contribution in [0.25, 0.3) is 5.69 Å². The van der Waals surface area contributed by atoms with Gasteiger partial charge in [-0.3, -0.25) is 14.0 Å². The lowest BCUT2D eigenvalue weighted by Crippen LogP contribution is -2.28. The molecule has 0 atom stereocenters. The number of benzene rings is 1. The molecule has 0 saturated heterocycles. The Hall–Kier alpha value is -3.03. The Morgan fingerprint density at radius 2 is 1.95 bits per heavy atom. The minimum absolute atomic E-state index is 0.153. The van der Waals surface area contributed by atoms with Crippen LogP contribution in [0.2, 0.25) is 0 Å². The first-order valence-corrected chi connectivity index (χ1v) is 6.41. The number of para-hydroxylation sites is 1. The molecule has 8 heteroatoms. The maximum absolute atomic E-state index is 12.3. The summed E-state index contributed by atoms with van der Waals surface area (Å²) in [6, 6.07) is 7.29. The lowest BCUT2D eigenvalue weighted by atomic mass is 10.1. The third kappa shape index (κ3) is 2.94. The van der Waals surface area contributed by atoms with Crippen LogP contribution in [-0.2, 0) is 6.54 Å². The van der Waals surface area contributed by atoms with Crippen molar-refractivity contribution < 1.29 is 4.79 Å². The summed E-state index contributed by atoms with van der Waals surface area (Å²) in [7, 11) is 0. The zero-order valence-electron chi connectivity index (χ0n) is 11.1. The highest BCUT2D eigenvalue weighted by atomic mass is 16.1. The maximum Gasteiger partial charge on any atom is 0.253 e. The molecular weight excluding hydrogens is 270 g/mol. The van der Waals surface area contributed by atoms with E-state index >= 15 is 0 Å². The van der Waals surface area contributed by atoms with E-state index < -0.39 is 0 Å². The summed E-state index contributed by atoms with van der Waals surface area (Å²) in [6.07, 6.45) is 6.46. The number of nitrogens with one attached hydrogen (secondary N) is 1. The van der Waals surface area contributed by atoms with Crippen LogP contribution in [0.4, 0.5) is 0 Å². The van der Waals surface area contributed by atoms with Gasteiger partial charge in [-0.25, -0.2) is 0 Å². The van der Waals surface area contributed by atoms with Crippen molar-refractivity contribution in [3.05, 3.63) is 54.9 Å². The number of aromatic nitrogens is 6. The molecule has 2 heterocycles. The quantitative estimate of drug-likeness (QED) is 0.726. The number of carbonyl (C=O) groups excluding carboxylic acids is 1. The summed E-state index contributed by atoms with van der Waals surface area (Å²) in [6.45, 7) is 1.04. The Kier molecular flexibility index (Phi) is 3.68. The molecule has 0 aliphatic rings. The highest BCUT2D eigenvalue weighted by molar-refractivity contribution is 5.97. The minimum Gasteiger partial charge on any atom is -0.350 e. The van der Waals surface area contributed by atoms with Gasteiger partial charge in [-0.1, -0.05) is 17.3 Å². The molecule has 0 unspecified atom stereocenters. The van der Waals surface area contributed by atoms with Crippen molar-refractivity contribution in [2.45, 2.75) is 6.54 Å². The van der Waals surface area contributed by atoms with E-state index in [2.05, 4.69) is 25.8 Å². The van der Waals surface area contributed by atoms with E-state index in [0.717, 1.165) is 5.69 Å². The molecule has 2 aromatic heterocycles. The first-order valence-electron chi connectivity index (χ1n) is 6.41. The van der Waals surface area contributed by atoms with Gasteiger partial charge >= 0.3 is 0 Å². The predicted molar refractivity (Wildman–Crippen MR) is 73.7 cm³/mol. The second kappa shape index (κ2) is 5.95. The van der Waals surface area contributed by atoms with E-state index in [0.29, 0.717) is 18.7 Å². The predicted octanol–water partition coefficient (Wildman–Crippen LogP) is 0.289. The van der Waals surface area contributed by atoms with Gasteiger partial charge in [-0.2, -0.15) is 0 Å². The van der Waals surface area contributed by atoms with Gasteiger partial charge in [-0.15, -0.1) is 15.3 Å². The second-order valence-corrected chi connectivity index (χ2v) is 4.31. The lowest BCUT2D eigenvalue weighted by molar-refractivity contribution is 0.0952. The van der Waals surface area contributed by atoms with Crippen molar-refractivity contribution in [1.82, 2.24) is 35.1 Å². The van der Waals surface area contributed by atoms with Crippen LogP contribution >= 0.6 is 0 Å². The monoisotopic (exact) mass is 283 g/mol. The first kappa shape index (κ1) is 13.0. The average molecular weight is 283 g/mol. The summed E-state index contributed by atoms with van der Waals surface area (Å²) < 4.78 is 3.36. The van der Waals surface area contributed by atoms with E-state index in [1.165, 1.54) is 0 Å². The molecule has 0 bridgehead atoms. The fourth-order valence-electron chi connectivity index (χ4n) is 1.95. The largest absolute Gasteiger partial charge is 0.350 e. The number of nitrogens with zero attached hydrogens (tertiary/aromatic N) is 6. The molecule has 21 heavy (non-hydrogen) atoms. The highest BCUT2D eigenvalue weighted by Gasteiger charge is 2.11. The third-order valence-corrected chi connectivity index (χ3v) is 2.94. The maximum atomic E-state index is 12.3. The fraction of sp³-hybridized carbons (Fsp3) is 0.154. The summed E-state index contributed by atoms with van der Waals surface area (Å²) in [5.41, 5.74) is 1.30. The fourth-order valence-corrected chi connectivity index (χ4v) is 1.95. The van der Waals surface area contributed by atoms with Gasteiger partial charge in [0.25, 0.3) is 5.91 Å². The molecule has 1 N–H and O–H groups in total. The van der Waals surface area contributed by atoms with Crippen LogP contribution in [-0.4, -0.2) is 42.2 Å². The number of carbonyl (C=O) groups is 1.